The Labute approximate surface area is 219 Å². The molecular weight excluding hydrogens is 499 g/mol. The number of benzene rings is 1. The molecule has 2 atom stereocenters. The van der Waals surface area contributed by atoms with Crippen LogP contribution >= 0.6 is 0 Å². The molecule has 38 heavy (non-hydrogen) atoms. The lowest BCUT2D eigenvalue weighted by Crippen LogP contribution is -2.50. The Balaban J connectivity index is 1.59. The van der Waals surface area contributed by atoms with Crippen LogP contribution in [0.1, 0.15) is 47.0 Å². The van der Waals surface area contributed by atoms with E-state index in [0.29, 0.717) is 22.9 Å². The van der Waals surface area contributed by atoms with Crippen LogP contribution in [0.15, 0.2) is 41.6 Å². The Morgan fingerprint density at radius 2 is 1.89 bits per heavy atom. The highest BCUT2D eigenvalue weighted by molar-refractivity contribution is 5.95. The highest BCUT2D eigenvalue weighted by atomic mass is 19.1. The van der Waals surface area contributed by atoms with Gasteiger partial charge in [0.15, 0.2) is 23.6 Å². The Hall–Kier alpha value is -3.56. The molecule has 204 valence electrons. The number of unbranched alkanes of at least 4 members (excludes halogenated alkanes) is 1. The summed E-state index contributed by atoms with van der Waals surface area (Å²) in [5, 5.41) is 0.864. The molecule has 0 unspecified atom stereocenters. The average molecular weight is 532 g/mol. The molecule has 4 rings (SSSR count). The number of hydrogen-bond acceptors (Lipinski definition) is 5. The summed E-state index contributed by atoms with van der Waals surface area (Å²) in [5.74, 6) is -2.66. The van der Waals surface area contributed by atoms with Gasteiger partial charge in [-0.1, -0.05) is 13.3 Å². The number of alkyl halides is 1. The third-order valence-electron chi connectivity index (χ3n) is 6.35. The molecule has 1 amide bonds. The second kappa shape index (κ2) is 11.0. The molecule has 7 nitrogen and oxygen atoms in total. The van der Waals surface area contributed by atoms with Crippen LogP contribution in [0.3, 0.4) is 0 Å². The van der Waals surface area contributed by atoms with E-state index in [1.807, 2.05) is 6.92 Å². The number of nitrogens with zero attached hydrogens (tertiary/aromatic N) is 3. The maximum Gasteiger partial charge on any atom is 0.410 e. The molecule has 0 radical (unpaired) electrons. The number of carbonyl (C=O) groups excluding carboxylic acids is 1. The van der Waals surface area contributed by atoms with Gasteiger partial charge in [-0.3, -0.25) is 9.78 Å². The molecule has 2 aromatic heterocycles. The molecule has 0 aliphatic carbocycles. The summed E-state index contributed by atoms with van der Waals surface area (Å²) >= 11 is 0. The van der Waals surface area contributed by atoms with Crippen molar-refractivity contribution in [3.63, 3.8) is 0 Å². The number of rotatable bonds is 6. The summed E-state index contributed by atoms with van der Waals surface area (Å²) in [4.78, 5) is 30.4. The molecule has 3 aromatic rings. The molecule has 10 heteroatoms. The summed E-state index contributed by atoms with van der Waals surface area (Å²) in [7, 11) is 0. The van der Waals surface area contributed by atoms with Crippen LogP contribution in [-0.2, 0) is 11.3 Å². The van der Waals surface area contributed by atoms with Crippen molar-refractivity contribution in [1.82, 2.24) is 14.5 Å². The van der Waals surface area contributed by atoms with E-state index in [1.54, 1.807) is 33.0 Å². The molecule has 1 saturated heterocycles. The predicted molar refractivity (Wildman–Crippen MR) is 138 cm³/mol. The number of halogens is 3. The van der Waals surface area contributed by atoms with Crippen molar-refractivity contribution in [2.75, 3.05) is 13.1 Å². The largest absolute Gasteiger partial charge is 0.481 e. The molecule has 1 aliphatic heterocycles. The van der Waals surface area contributed by atoms with Gasteiger partial charge in [0.2, 0.25) is 0 Å². The fraction of sp³-hybridized carbons (Fsp3) is 0.464. The first-order valence-electron chi connectivity index (χ1n) is 12.7. The molecule has 3 heterocycles. The van der Waals surface area contributed by atoms with Gasteiger partial charge in [-0.25, -0.2) is 18.0 Å². The van der Waals surface area contributed by atoms with Crippen molar-refractivity contribution in [3.05, 3.63) is 58.8 Å². The smallest absolute Gasteiger partial charge is 0.410 e. The average Bonchev–Trinajstić information content (AvgIpc) is 2.85. The zero-order chi connectivity index (χ0) is 27.6. The minimum Gasteiger partial charge on any atom is -0.481 e. The van der Waals surface area contributed by atoms with Crippen molar-refractivity contribution in [1.29, 1.82) is 0 Å². The minimum atomic E-state index is -1.66. The Morgan fingerprint density at radius 3 is 2.53 bits per heavy atom. The number of piperidine rings is 1. The van der Waals surface area contributed by atoms with Gasteiger partial charge in [-0.15, -0.1) is 0 Å². The van der Waals surface area contributed by atoms with Gasteiger partial charge in [-0.2, -0.15) is 0 Å². The molecule has 0 bridgehead atoms. The highest BCUT2D eigenvalue weighted by Gasteiger charge is 2.36. The summed E-state index contributed by atoms with van der Waals surface area (Å²) in [6.45, 7) is 7.41. The van der Waals surface area contributed by atoms with Crippen molar-refractivity contribution in [2.24, 2.45) is 0 Å². The lowest BCUT2D eigenvalue weighted by atomic mass is 10.0. The monoisotopic (exact) mass is 531 g/mol. The quantitative estimate of drug-likeness (QED) is 0.398. The standard InChI is InChI=1S/C28H32F3N3O4/c1-5-6-10-33-15-20(18-7-9-32-14-19(18)26(33)35)17-12-21(29)25(22(30)13-17)37-24-8-11-34(16-23(24)31)27(36)38-28(2,3)4/h7,9,12-15,23-24H,5-6,8,10-11,16H2,1-4H3/t23-,24-/m1/s1. The van der Waals surface area contributed by atoms with E-state index in [1.165, 1.54) is 21.9 Å². The lowest BCUT2D eigenvalue weighted by Gasteiger charge is -2.35. The van der Waals surface area contributed by atoms with Crippen LogP contribution in [0, 0.1) is 11.6 Å². The van der Waals surface area contributed by atoms with Crippen molar-refractivity contribution in [3.8, 4) is 16.9 Å². The predicted octanol–water partition coefficient (Wildman–Crippen LogP) is 5.87. The Bertz CT molecular complexity index is 1360. The number of ether oxygens (including phenoxy) is 2. The molecule has 1 aliphatic rings. The Morgan fingerprint density at radius 1 is 1.18 bits per heavy atom. The SMILES string of the molecule is CCCCn1cc(-c2cc(F)c(O[C@@H]3CCN(C(=O)OC(C)(C)C)C[C@H]3F)c(F)c2)c2ccncc2c1=O. The molecule has 1 aromatic carbocycles. The zero-order valence-electron chi connectivity index (χ0n) is 22.0. The number of pyridine rings is 2. The number of likely N-dealkylation sites (tertiary alicyclic amines) is 1. The molecule has 0 saturated carbocycles. The number of hydrogen-bond donors (Lipinski definition) is 0. The number of fused-ring (bicyclic) bond motifs is 1. The van der Waals surface area contributed by atoms with E-state index in [2.05, 4.69) is 4.98 Å². The molecule has 1 fully saturated rings. The maximum atomic E-state index is 15.2. The maximum absolute atomic E-state index is 15.2. The van der Waals surface area contributed by atoms with Crippen LogP contribution in [0.2, 0.25) is 0 Å². The van der Waals surface area contributed by atoms with E-state index in [4.69, 9.17) is 9.47 Å². The topological polar surface area (TPSA) is 73.7 Å². The third-order valence-corrected chi connectivity index (χ3v) is 6.35. The second-order valence-electron chi connectivity index (χ2n) is 10.5. The van der Waals surface area contributed by atoms with E-state index in [0.717, 1.165) is 25.0 Å². The highest BCUT2D eigenvalue weighted by Crippen LogP contribution is 2.34. The molecule has 0 N–H and O–H groups in total. The summed E-state index contributed by atoms with van der Waals surface area (Å²) in [6.07, 6.45) is 2.78. The van der Waals surface area contributed by atoms with E-state index >= 15 is 8.78 Å². The minimum absolute atomic E-state index is 0.0427. The van der Waals surface area contributed by atoms with Crippen LogP contribution < -0.4 is 10.3 Å². The third kappa shape index (κ3) is 5.95. The van der Waals surface area contributed by atoms with Crippen molar-refractivity contribution < 1.29 is 27.4 Å². The zero-order valence-corrected chi connectivity index (χ0v) is 22.0. The second-order valence-corrected chi connectivity index (χ2v) is 10.5. The van der Waals surface area contributed by atoms with Gasteiger partial charge in [0.1, 0.15) is 11.7 Å². The Kier molecular flexibility index (Phi) is 7.99. The van der Waals surface area contributed by atoms with E-state index in [-0.39, 0.29) is 30.6 Å². The van der Waals surface area contributed by atoms with Gasteiger partial charge in [-0.05, 0) is 56.3 Å². The number of carbonyl (C=O) groups is 1. The first-order chi connectivity index (χ1) is 18.0. The van der Waals surface area contributed by atoms with Gasteiger partial charge in [0.25, 0.3) is 5.56 Å². The first kappa shape index (κ1) is 27.5. The summed E-state index contributed by atoms with van der Waals surface area (Å²) < 4.78 is 57.5. The van der Waals surface area contributed by atoms with Gasteiger partial charge in [0.05, 0.1) is 11.9 Å². The number of amides is 1. The number of aromatic nitrogens is 2. The van der Waals surface area contributed by atoms with Crippen LogP contribution in [-0.4, -0.2) is 51.5 Å². The fourth-order valence-electron chi connectivity index (χ4n) is 4.45. The fourth-order valence-corrected chi connectivity index (χ4v) is 4.45. The van der Waals surface area contributed by atoms with Gasteiger partial charge >= 0.3 is 6.09 Å². The van der Waals surface area contributed by atoms with Crippen molar-refractivity contribution >= 4 is 16.9 Å². The van der Waals surface area contributed by atoms with Crippen LogP contribution in [0.5, 0.6) is 5.75 Å². The molecule has 0 spiro atoms. The summed E-state index contributed by atoms with van der Waals surface area (Å²) in [6, 6.07) is 3.86. The summed E-state index contributed by atoms with van der Waals surface area (Å²) in [5.41, 5.74) is -0.269. The van der Waals surface area contributed by atoms with Gasteiger partial charge < -0.3 is 18.9 Å². The van der Waals surface area contributed by atoms with Crippen LogP contribution in [0.25, 0.3) is 21.9 Å². The van der Waals surface area contributed by atoms with Crippen LogP contribution in [0.4, 0.5) is 18.0 Å². The number of aryl methyl sites for hydroxylation is 1. The molecular formula is C28H32F3N3O4. The van der Waals surface area contributed by atoms with E-state index in [9.17, 15) is 14.0 Å². The van der Waals surface area contributed by atoms with Crippen molar-refractivity contribution in [2.45, 2.75) is 71.4 Å². The first-order valence-corrected chi connectivity index (χ1v) is 12.7. The van der Waals surface area contributed by atoms with Gasteiger partial charge in [0, 0.05) is 43.7 Å². The lowest BCUT2D eigenvalue weighted by molar-refractivity contribution is -0.0121. The van der Waals surface area contributed by atoms with E-state index < -0.39 is 41.4 Å². The normalized spacial score (nSPS) is 18.0.